The highest BCUT2D eigenvalue weighted by molar-refractivity contribution is 5.78. The van der Waals surface area contributed by atoms with Gasteiger partial charge in [0.2, 0.25) is 5.91 Å². The molecule has 0 aromatic rings. The van der Waals surface area contributed by atoms with Gasteiger partial charge in [0.05, 0.1) is 12.1 Å². The van der Waals surface area contributed by atoms with Crippen molar-refractivity contribution in [2.75, 3.05) is 26.7 Å². The molecule has 0 saturated heterocycles. The predicted molar refractivity (Wildman–Crippen MR) is 52.9 cm³/mol. The molecule has 0 radical (unpaired) electrons. The summed E-state index contributed by atoms with van der Waals surface area (Å²) in [6.45, 7) is 1.79. The highest BCUT2D eigenvalue weighted by Gasteiger charge is 2.28. The van der Waals surface area contributed by atoms with Gasteiger partial charge in [0.1, 0.15) is 6.54 Å². The first-order valence-corrected chi connectivity index (χ1v) is 4.74. The molecule has 0 saturated carbocycles. The van der Waals surface area contributed by atoms with Crippen molar-refractivity contribution in [3.05, 3.63) is 0 Å². The van der Waals surface area contributed by atoms with Crippen molar-refractivity contribution in [2.24, 2.45) is 0 Å². The van der Waals surface area contributed by atoms with Gasteiger partial charge in [-0.05, 0) is 20.9 Å². The van der Waals surface area contributed by atoms with E-state index in [0.29, 0.717) is 0 Å². The summed E-state index contributed by atoms with van der Waals surface area (Å²) in [6, 6.07) is 0. The molecule has 1 amide bonds. The van der Waals surface area contributed by atoms with Crippen LogP contribution in [0.5, 0.6) is 0 Å². The van der Waals surface area contributed by atoms with Crippen LogP contribution in [0.2, 0.25) is 0 Å². The molecule has 0 atom stereocenters. The van der Waals surface area contributed by atoms with Gasteiger partial charge in [0.25, 0.3) is 0 Å². The second-order valence-electron chi connectivity index (χ2n) is 4.38. The lowest BCUT2D eigenvalue weighted by Gasteiger charge is -2.24. The number of amides is 1. The molecule has 16 heavy (non-hydrogen) atoms. The third-order valence-corrected chi connectivity index (χ3v) is 1.56. The van der Waals surface area contributed by atoms with E-state index in [1.54, 1.807) is 26.2 Å². The summed E-state index contributed by atoms with van der Waals surface area (Å²) in [4.78, 5) is 12.5. The van der Waals surface area contributed by atoms with Gasteiger partial charge < -0.3 is 10.4 Å². The average Bonchev–Trinajstić information content (AvgIpc) is 1.95. The normalized spacial score (nSPS) is 13.0. The Labute approximate surface area is 92.4 Å². The molecule has 7 heteroatoms. The quantitative estimate of drug-likeness (QED) is 0.732. The largest absolute Gasteiger partial charge is 0.405 e. The lowest BCUT2D eigenvalue weighted by molar-refractivity contribution is -0.139. The molecule has 96 valence electrons. The molecule has 0 fully saturated rings. The minimum atomic E-state index is -4.40. The van der Waals surface area contributed by atoms with Crippen LogP contribution in [0.15, 0.2) is 0 Å². The van der Waals surface area contributed by atoms with Gasteiger partial charge in [-0.25, -0.2) is 0 Å². The minimum Gasteiger partial charge on any atom is -0.389 e. The summed E-state index contributed by atoms with van der Waals surface area (Å²) >= 11 is 0. The van der Waals surface area contributed by atoms with Gasteiger partial charge in [-0.1, -0.05) is 0 Å². The lowest BCUT2D eigenvalue weighted by Crippen LogP contribution is -2.43. The molecular formula is C9H17F3N2O2. The fourth-order valence-corrected chi connectivity index (χ4v) is 1.22. The molecule has 2 N–H and O–H groups in total. The molecule has 0 rings (SSSR count). The van der Waals surface area contributed by atoms with E-state index in [0.717, 1.165) is 0 Å². The summed E-state index contributed by atoms with van der Waals surface area (Å²) in [5.74, 6) is -0.718. The Balaban J connectivity index is 3.88. The Kier molecular flexibility index (Phi) is 5.21. The number of hydrogen-bond acceptors (Lipinski definition) is 3. The van der Waals surface area contributed by atoms with Gasteiger partial charge in [-0.3, -0.25) is 9.69 Å². The van der Waals surface area contributed by atoms with Crippen LogP contribution >= 0.6 is 0 Å². The minimum absolute atomic E-state index is 0.180. The molecule has 0 bridgehead atoms. The molecular weight excluding hydrogens is 225 g/mol. The van der Waals surface area contributed by atoms with Crippen LogP contribution in [0.25, 0.3) is 0 Å². The van der Waals surface area contributed by atoms with E-state index in [1.165, 1.54) is 4.90 Å². The maximum absolute atomic E-state index is 11.8. The number of hydrogen-bond donors (Lipinski definition) is 2. The summed E-state index contributed by atoms with van der Waals surface area (Å²) < 4.78 is 35.3. The number of nitrogens with one attached hydrogen (secondary N) is 1. The Morgan fingerprint density at radius 1 is 1.38 bits per heavy atom. The smallest absolute Gasteiger partial charge is 0.389 e. The number of likely N-dealkylation sites (N-methyl/N-ethyl adjacent to an activating group) is 1. The number of rotatable bonds is 5. The van der Waals surface area contributed by atoms with E-state index in [1.807, 2.05) is 0 Å². The Morgan fingerprint density at radius 2 is 1.88 bits per heavy atom. The molecule has 0 unspecified atom stereocenters. The Hall–Kier alpha value is -0.820. The first-order chi connectivity index (χ1) is 6.99. The molecule has 4 nitrogen and oxygen atoms in total. The zero-order valence-electron chi connectivity index (χ0n) is 9.56. The standard InChI is InChI=1S/C9H17F3N2O2/c1-8(2,16)6-14(3)4-7(15)13-5-9(10,11)12/h16H,4-6H2,1-3H3,(H,13,15). The van der Waals surface area contributed by atoms with E-state index < -0.39 is 24.2 Å². The number of alkyl halides is 3. The van der Waals surface area contributed by atoms with Crippen LogP contribution in [0.1, 0.15) is 13.8 Å². The second-order valence-corrected chi connectivity index (χ2v) is 4.38. The fourth-order valence-electron chi connectivity index (χ4n) is 1.22. The summed E-state index contributed by atoms with van der Waals surface area (Å²) in [7, 11) is 1.55. The first-order valence-electron chi connectivity index (χ1n) is 4.74. The second kappa shape index (κ2) is 5.49. The van der Waals surface area contributed by atoms with Gasteiger partial charge in [0.15, 0.2) is 0 Å². The molecule has 0 aliphatic carbocycles. The van der Waals surface area contributed by atoms with Gasteiger partial charge in [0, 0.05) is 6.54 Å². The maximum Gasteiger partial charge on any atom is 0.405 e. The van der Waals surface area contributed by atoms with Crippen molar-refractivity contribution in [3.63, 3.8) is 0 Å². The molecule has 0 aromatic heterocycles. The fraction of sp³-hybridized carbons (Fsp3) is 0.889. The van der Waals surface area contributed by atoms with Crippen LogP contribution in [0.4, 0.5) is 13.2 Å². The highest BCUT2D eigenvalue weighted by Crippen LogP contribution is 2.12. The van der Waals surface area contributed by atoms with Gasteiger partial charge in [-0.15, -0.1) is 0 Å². The predicted octanol–water partition coefficient (Wildman–Crippen LogP) is 0.368. The number of carbonyl (C=O) groups excluding carboxylic acids is 1. The lowest BCUT2D eigenvalue weighted by atomic mass is 10.1. The van der Waals surface area contributed by atoms with Gasteiger partial charge in [-0.2, -0.15) is 13.2 Å². The van der Waals surface area contributed by atoms with E-state index in [-0.39, 0.29) is 13.1 Å². The van der Waals surface area contributed by atoms with Crippen molar-refractivity contribution >= 4 is 5.91 Å². The topological polar surface area (TPSA) is 52.6 Å². The SMILES string of the molecule is CN(CC(=O)NCC(F)(F)F)CC(C)(C)O. The number of aliphatic hydroxyl groups is 1. The maximum atomic E-state index is 11.8. The Bertz CT molecular complexity index is 236. The molecule has 0 aromatic carbocycles. The highest BCUT2D eigenvalue weighted by atomic mass is 19.4. The summed E-state index contributed by atoms with van der Waals surface area (Å²) in [5.41, 5.74) is -0.987. The van der Waals surface area contributed by atoms with E-state index in [9.17, 15) is 23.1 Å². The third-order valence-electron chi connectivity index (χ3n) is 1.56. The van der Waals surface area contributed by atoms with Crippen molar-refractivity contribution in [1.29, 1.82) is 0 Å². The van der Waals surface area contributed by atoms with Crippen LogP contribution < -0.4 is 5.32 Å². The van der Waals surface area contributed by atoms with Gasteiger partial charge >= 0.3 is 6.18 Å². The monoisotopic (exact) mass is 242 g/mol. The zero-order chi connectivity index (χ0) is 13.0. The van der Waals surface area contributed by atoms with E-state index in [2.05, 4.69) is 0 Å². The van der Waals surface area contributed by atoms with Crippen molar-refractivity contribution in [1.82, 2.24) is 10.2 Å². The van der Waals surface area contributed by atoms with Crippen molar-refractivity contribution in [2.45, 2.75) is 25.6 Å². The summed E-state index contributed by atoms with van der Waals surface area (Å²) in [6.07, 6.45) is -4.40. The Morgan fingerprint density at radius 3 is 2.25 bits per heavy atom. The summed E-state index contributed by atoms with van der Waals surface area (Å²) in [5, 5.41) is 11.2. The molecule has 0 spiro atoms. The van der Waals surface area contributed by atoms with E-state index in [4.69, 9.17) is 0 Å². The molecule has 0 aliphatic rings. The van der Waals surface area contributed by atoms with Crippen molar-refractivity contribution in [3.8, 4) is 0 Å². The molecule has 0 aliphatic heterocycles. The van der Waals surface area contributed by atoms with Crippen LogP contribution in [0, 0.1) is 0 Å². The first kappa shape index (κ1) is 15.2. The zero-order valence-corrected chi connectivity index (χ0v) is 9.56. The van der Waals surface area contributed by atoms with Crippen molar-refractivity contribution < 1.29 is 23.1 Å². The van der Waals surface area contributed by atoms with Crippen LogP contribution in [-0.2, 0) is 4.79 Å². The number of halogens is 3. The van der Waals surface area contributed by atoms with E-state index >= 15 is 0 Å². The van der Waals surface area contributed by atoms with Crippen LogP contribution in [-0.4, -0.2) is 54.4 Å². The third kappa shape index (κ3) is 9.72. The number of nitrogens with zero attached hydrogens (tertiary/aromatic N) is 1. The number of carbonyl (C=O) groups is 1. The average molecular weight is 242 g/mol. The molecule has 0 heterocycles. The van der Waals surface area contributed by atoms with Crippen LogP contribution in [0.3, 0.4) is 0 Å².